The Morgan fingerprint density at radius 3 is 2.59 bits per heavy atom. The molecule has 1 unspecified atom stereocenters. The second-order valence-corrected chi connectivity index (χ2v) is 4.91. The van der Waals surface area contributed by atoms with Crippen LogP contribution in [0, 0.1) is 17.2 Å². The highest BCUT2D eigenvalue weighted by Crippen LogP contribution is 2.12. The molecule has 1 aromatic heterocycles. The first kappa shape index (κ1) is 13.5. The predicted molar refractivity (Wildman–Crippen MR) is 70.7 cm³/mol. The number of anilines is 1. The lowest BCUT2D eigenvalue weighted by molar-refractivity contribution is 0.520. The van der Waals surface area contributed by atoms with Crippen LogP contribution in [0.4, 0.5) is 5.82 Å². The molecule has 1 atom stereocenters. The van der Waals surface area contributed by atoms with Crippen LogP contribution >= 0.6 is 0 Å². The van der Waals surface area contributed by atoms with Gasteiger partial charge in [0.25, 0.3) is 0 Å². The standard InChI is InChI=1S/C14H21N3/c1-11(2)5-4-6-12(3)17-14-8-7-13(9-15)10-16-14/h7-8,10-12H,4-6H2,1-3H3,(H,16,17). The highest BCUT2D eigenvalue weighted by atomic mass is 15.0. The zero-order valence-corrected chi connectivity index (χ0v) is 10.9. The van der Waals surface area contributed by atoms with Gasteiger partial charge >= 0.3 is 0 Å². The van der Waals surface area contributed by atoms with Crippen LogP contribution in [0.5, 0.6) is 0 Å². The Balaban J connectivity index is 2.34. The number of nitrogens with zero attached hydrogens (tertiary/aromatic N) is 2. The smallest absolute Gasteiger partial charge is 0.126 e. The summed E-state index contributed by atoms with van der Waals surface area (Å²) in [4.78, 5) is 4.20. The van der Waals surface area contributed by atoms with E-state index < -0.39 is 0 Å². The van der Waals surface area contributed by atoms with Gasteiger partial charge in [-0.15, -0.1) is 0 Å². The van der Waals surface area contributed by atoms with E-state index in [1.165, 1.54) is 12.8 Å². The summed E-state index contributed by atoms with van der Waals surface area (Å²) >= 11 is 0. The Labute approximate surface area is 104 Å². The molecule has 0 radical (unpaired) electrons. The van der Waals surface area contributed by atoms with Crippen molar-refractivity contribution in [1.29, 1.82) is 5.26 Å². The Morgan fingerprint density at radius 2 is 2.06 bits per heavy atom. The minimum atomic E-state index is 0.425. The molecular weight excluding hydrogens is 210 g/mol. The van der Waals surface area contributed by atoms with E-state index in [9.17, 15) is 0 Å². The molecule has 1 aromatic rings. The van der Waals surface area contributed by atoms with E-state index in [0.717, 1.165) is 18.2 Å². The first-order chi connectivity index (χ1) is 8.11. The van der Waals surface area contributed by atoms with E-state index in [-0.39, 0.29) is 0 Å². The van der Waals surface area contributed by atoms with Crippen LogP contribution in [0.2, 0.25) is 0 Å². The molecule has 0 fully saturated rings. The molecule has 0 spiro atoms. The summed E-state index contributed by atoms with van der Waals surface area (Å²) in [7, 11) is 0. The van der Waals surface area contributed by atoms with Crippen LogP contribution in [0.1, 0.15) is 45.6 Å². The number of nitriles is 1. The van der Waals surface area contributed by atoms with Crippen molar-refractivity contribution in [2.45, 2.75) is 46.1 Å². The average molecular weight is 231 g/mol. The molecule has 0 aliphatic carbocycles. The number of pyridine rings is 1. The highest BCUT2D eigenvalue weighted by Gasteiger charge is 2.03. The van der Waals surface area contributed by atoms with Crippen molar-refractivity contribution in [3.05, 3.63) is 23.9 Å². The van der Waals surface area contributed by atoms with E-state index in [1.54, 1.807) is 12.3 Å². The third kappa shape index (κ3) is 5.35. The van der Waals surface area contributed by atoms with E-state index in [1.807, 2.05) is 6.07 Å². The molecule has 0 aromatic carbocycles. The molecule has 0 aliphatic heterocycles. The van der Waals surface area contributed by atoms with Crippen LogP contribution in [0.25, 0.3) is 0 Å². The lowest BCUT2D eigenvalue weighted by atomic mass is 10.0. The quantitative estimate of drug-likeness (QED) is 0.814. The van der Waals surface area contributed by atoms with Crippen LogP contribution in [-0.2, 0) is 0 Å². The van der Waals surface area contributed by atoms with Gasteiger partial charge in [-0.05, 0) is 31.4 Å². The summed E-state index contributed by atoms with van der Waals surface area (Å²) in [5.41, 5.74) is 0.600. The van der Waals surface area contributed by atoms with Crippen molar-refractivity contribution in [2.75, 3.05) is 5.32 Å². The first-order valence-corrected chi connectivity index (χ1v) is 6.24. The topological polar surface area (TPSA) is 48.7 Å². The number of hydrogen-bond acceptors (Lipinski definition) is 3. The molecule has 92 valence electrons. The summed E-state index contributed by atoms with van der Waals surface area (Å²) in [5, 5.41) is 12.0. The van der Waals surface area contributed by atoms with Crippen molar-refractivity contribution in [3.8, 4) is 6.07 Å². The number of hydrogen-bond donors (Lipinski definition) is 1. The summed E-state index contributed by atoms with van der Waals surface area (Å²) < 4.78 is 0. The molecule has 1 N–H and O–H groups in total. The van der Waals surface area contributed by atoms with Gasteiger partial charge in [0.1, 0.15) is 11.9 Å². The lowest BCUT2D eigenvalue weighted by Gasteiger charge is -2.14. The Bertz CT molecular complexity index is 362. The van der Waals surface area contributed by atoms with Crippen molar-refractivity contribution < 1.29 is 0 Å². The van der Waals surface area contributed by atoms with Gasteiger partial charge in [-0.2, -0.15) is 5.26 Å². The third-order valence-electron chi connectivity index (χ3n) is 2.71. The van der Waals surface area contributed by atoms with Crippen molar-refractivity contribution in [1.82, 2.24) is 4.98 Å². The highest BCUT2D eigenvalue weighted by molar-refractivity contribution is 5.39. The van der Waals surface area contributed by atoms with Crippen LogP contribution < -0.4 is 5.32 Å². The Kier molecular flexibility index (Phi) is 5.48. The van der Waals surface area contributed by atoms with Gasteiger partial charge in [-0.3, -0.25) is 0 Å². The normalized spacial score (nSPS) is 12.2. The summed E-state index contributed by atoms with van der Waals surface area (Å²) in [5.74, 6) is 1.62. The van der Waals surface area contributed by atoms with Gasteiger partial charge in [0.2, 0.25) is 0 Å². The summed E-state index contributed by atoms with van der Waals surface area (Å²) in [6, 6.07) is 6.14. The molecule has 1 heterocycles. The minimum Gasteiger partial charge on any atom is -0.368 e. The third-order valence-corrected chi connectivity index (χ3v) is 2.71. The van der Waals surface area contributed by atoms with Crippen molar-refractivity contribution in [2.24, 2.45) is 5.92 Å². The summed E-state index contributed by atoms with van der Waals surface area (Å²) in [6.07, 6.45) is 5.26. The van der Waals surface area contributed by atoms with E-state index >= 15 is 0 Å². The molecule has 0 amide bonds. The fourth-order valence-electron chi connectivity index (χ4n) is 1.70. The fourth-order valence-corrected chi connectivity index (χ4v) is 1.70. The number of nitrogens with one attached hydrogen (secondary N) is 1. The second kappa shape index (κ2) is 6.90. The SMILES string of the molecule is CC(C)CCCC(C)Nc1ccc(C#N)cn1. The van der Waals surface area contributed by atoms with Crippen LogP contribution in [0.3, 0.4) is 0 Å². The van der Waals surface area contributed by atoms with Gasteiger partial charge in [-0.25, -0.2) is 4.98 Å². The second-order valence-electron chi connectivity index (χ2n) is 4.91. The molecule has 0 saturated heterocycles. The van der Waals surface area contributed by atoms with Gasteiger partial charge in [0.15, 0.2) is 0 Å². The maximum absolute atomic E-state index is 8.67. The Hall–Kier alpha value is -1.56. The summed E-state index contributed by atoms with van der Waals surface area (Å²) in [6.45, 7) is 6.67. The van der Waals surface area contributed by atoms with Gasteiger partial charge in [-0.1, -0.05) is 26.7 Å². The molecule has 17 heavy (non-hydrogen) atoms. The monoisotopic (exact) mass is 231 g/mol. The zero-order valence-electron chi connectivity index (χ0n) is 10.9. The zero-order chi connectivity index (χ0) is 12.7. The number of rotatable bonds is 6. The molecule has 3 heteroatoms. The largest absolute Gasteiger partial charge is 0.368 e. The van der Waals surface area contributed by atoms with Gasteiger partial charge in [0.05, 0.1) is 5.56 Å². The van der Waals surface area contributed by atoms with E-state index in [2.05, 4.69) is 37.1 Å². The maximum Gasteiger partial charge on any atom is 0.126 e. The van der Waals surface area contributed by atoms with E-state index in [0.29, 0.717) is 11.6 Å². The first-order valence-electron chi connectivity index (χ1n) is 6.24. The number of aromatic nitrogens is 1. The average Bonchev–Trinajstić information content (AvgIpc) is 2.29. The predicted octanol–water partition coefficient (Wildman–Crippen LogP) is 3.58. The van der Waals surface area contributed by atoms with E-state index in [4.69, 9.17) is 5.26 Å². The van der Waals surface area contributed by atoms with Crippen LogP contribution in [0.15, 0.2) is 18.3 Å². The molecule has 1 rings (SSSR count). The molecule has 3 nitrogen and oxygen atoms in total. The minimum absolute atomic E-state index is 0.425. The molecule has 0 bridgehead atoms. The van der Waals surface area contributed by atoms with Crippen LogP contribution in [-0.4, -0.2) is 11.0 Å². The molecule has 0 saturated carbocycles. The maximum atomic E-state index is 8.67. The Morgan fingerprint density at radius 1 is 1.29 bits per heavy atom. The van der Waals surface area contributed by atoms with Crippen molar-refractivity contribution >= 4 is 5.82 Å². The molecule has 0 aliphatic rings. The van der Waals surface area contributed by atoms with Gasteiger partial charge < -0.3 is 5.32 Å². The lowest BCUT2D eigenvalue weighted by Crippen LogP contribution is -2.16. The fraction of sp³-hybridized carbons (Fsp3) is 0.571. The molecular formula is C14H21N3. The van der Waals surface area contributed by atoms with Crippen molar-refractivity contribution in [3.63, 3.8) is 0 Å². The van der Waals surface area contributed by atoms with Gasteiger partial charge in [0, 0.05) is 12.2 Å².